The quantitative estimate of drug-likeness (QED) is 0.408. The summed E-state index contributed by atoms with van der Waals surface area (Å²) in [6.45, 7) is 0. The van der Waals surface area contributed by atoms with E-state index in [9.17, 15) is 22.7 Å². The van der Waals surface area contributed by atoms with Crippen molar-refractivity contribution in [3.63, 3.8) is 0 Å². The Morgan fingerprint density at radius 3 is 2.50 bits per heavy atom. The smallest absolute Gasteiger partial charge is 0.337 e. The Kier molecular flexibility index (Phi) is 5.58. The van der Waals surface area contributed by atoms with Gasteiger partial charge < -0.3 is 9.84 Å². The number of ether oxygens (including phenoxy) is 1. The lowest BCUT2D eigenvalue weighted by Gasteiger charge is -2.14. The van der Waals surface area contributed by atoms with Gasteiger partial charge in [0.2, 0.25) is 0 Å². The van der Waals surface area contributed by atoms with Gasteiger partial charge in [0, 0.05) is 34.0 Å². The minimum Gasteiger partial charge on any atom is -0.478 e. The number of sulfone groups is 1. The fourth-order valence-electron chi connectivity index (χ4n) is 3.30. The number of halogens is 2. The number of carbonyl (C=O) groups is 1. The van der Waals surface area contributed by atoms with E-state index in [0.29, 0.717) is 5.56 Å². The van der Waals surface area contributed by atoms with Crippen LogP contribution in [0.4, 0.5) is 4.39 Å². The maximum Gasteiger partial charge on any atom is 0.337 e. The number of fused-ring (bicyclic) bond motifs is 1. The number of aromatic carboxylic acids is 1. The van der Waals surface area contributed by atoms with Crippen LogP contribution < -0.4 is 4.74 Å². The van der Waals surface area contributed by atoms with Crippen LogP contribution in [0.1, 0.15) is 10.4 Å². The Labute approximate surface area is 187 Å². The summed E-state index contributed by atoms with van der Waals surface area (Å²) in [5, 5.41) is 10.2. The molecule has 1 aromatic heterocycles. The Morgan fingerprint density at radius 2 is 1.78 bits per heavy atom. The average Bonchev–Trinajstić information content (AvgIpc) is 2.74. The van der Waals surface area contributed by atoms with E-state index in [1.54, 1.807) is 24.3 Å². The van der Waals surface area contributed by atoms with Crippen molar-refractivity contribution < 1.29 is 27.4 Å². The molecule has 4 rings (SSSR count). The van der Waals surface area contributed by atoms with Crippen molar-refractivity contribution in [1.82, 2.24) is 4.98 Å². The number of hydrogen-bond acceptors (Lipinski definition) is 5. The fourth-order valence-corrected chi connectivity index (χ4v) is 4.17. The molecule has 0 radical (unpaired) electrons. The van der Waals surface area contributed by atoms with Crippen molar-refractivity contribution in [3.8, 4) is 22.6 Å². The third-order valence-corrected chi connectivity index (χ3v) is 6.19. The molecule has 0 fully saturated rings. The number of carboxylic acid groups (broad SMARTS) is 1. The van der Waals surface area contributed by atoms with Crippen molar-refractivity contribution in [1.29, 1.82) is 0 Å². The molecular weight excluding hydrogens is 457 g/mol. The lowest BCUT2D eigenvalue weighted by molar-refractivity contribution is 0.0697. The first kappa shape index (κ1) is 21.7. The van der Waals surface area contributed by atoms with Gasteiger partial charge in [-0.25, -0.2) is 17.6 Å². The second kappa shape index (κ2) is 8.22. The molecule has 0 aliphatic carbocycles. The lowest BCUT2D eigenvalue weighted by Crippen LogP contribution is -2.03. The van der Waals surface area contributed by atoms with Gasteiger partial charge in [-0.3, -0.25) is 4.98 Å². The molecule has 0 bridgehead atoms. The normalized spacial score (nSPS) is 11.5. The average molecular weight is 472 g/mol. The first-order valence-corrected chi connectivity index (χ1v) is 11.5. The van der Waals surface area contributed by atoms with E-state index in [1.165, 1.54) is 36.4 Å². The third kappa shape index (κ3) is 4.15. The molecule has 1 N–H and O–H groups in total. The molecule has 0 aliphatic heterocycles. The van der Waals surface area contributed by atoms with Crippen LogP contribution in [0.15, 0.2) is 71.8 Å². The maximum absolute atomic E-state index is 14.3. The first-order valence-electron chi connectivity index (χ1n) is 9.23. The molecule has 0 saturated heterocycles. The summed E-state index contributed by atoms with van der Waals surface area (Å²) in [5.74, 6) is -1.29. The van der Waals surface area contributed by atoms with E-state index in [0.717, 1.165) is 12.5 Å². The minimum absolute atomic E-state index is 0.00995. The van der Waals surface area contributed by atoms with Crippen LogP contribution in [0.2, 0.25) is 5.02 Å². The highest BCUT2D eigenvalue weighted by molar-refractivity contribution is 7.90. The van der Waals surface area contributed by atoms with E-state index in [-0.39, 0.29) is 43.4 Å². The fraction of sp³-hybridized carbons (Fsp3) is 0.0435. The van der Waals surface area contributed by atoms with Gasteiger partial charge in [-0.05, 0) is 42.5 Å². The van der Waals surface area contributed by atoms with Crippen LogP contribution in [0.5, 0.6) is 11.5 Å². The molecule has 4 aromatic rings. The largest absolute Gasteiger partial charge is 0.478 e. The zero-order valence-corrected chi connectivity index (χ0v) is 18.1. The second-order valence-corrected chi connectivity index (χ2v) is 9.40. The summed E-state index contributed by atoms with van der Waals surface area (Å²) in [6.07, 6.45) is 2.18. The molecule has 0 spiro atoms. The van der Waals surface area contributed by atoms with Crippen LogP contribution in [-0.4, -0.2) is 30.7 Å². The highest BCUT2D eigenvalue weighted by Gasteiger charge is 2.20. The monoisotopic (exact) mass is 471 g/mol. The second-order valence-electron chi connectivity index (χ2n) is 6.98. The summed E-state index contributed by atoms with van der Waals surface area (Å²) in [4.78, 5) is 15.9. The molecule has 3 aromatic carbocycles. The molecule has 0 unspecified atom stereocenters. The van der Waals surface area contributed by atoms with Crippen molar-refractivity contribution in [2.24, 2.45) is 0 Å². The number of rotatable bonds is 5. The van der Waals surface area contributed by atoms with Gasteiger partial charge >= 0.3 is 5.97 Å². The summed E-state index contributed by atoms with van der Waals surface area (Å²) in [7, 11) is -3.43. The van der Waals surface area contributed by atoms with E-state index >= 15 is 0 Å². The van der Waals surface area contributed by atoms with Gasteiger partial charge in [0.1, 0.15) is 22.8 Å². The Morgan fingerprint density at radius 1 is 1.06 bits per heavy atom. The van der Waals surface area contributed by atoms with Crippen LogP contribution in [0.25, 0.3) is 22.0 Å². The molecular formula is C23H15ClFNO5S. The maximum atomic E-state index is 14.3. The summed E-state index contributed by atoms with van der Waals surface area (Å²) in [6, 6.07) is 14.8. The summed E-state index contributed by atoms with van der Waals surface area (Å²) < 4.78 is 43.7. The highest BCUT2D eigenvalue weighted by Crippen LogP contribution is 2.39. The van der Waals surface area contributed by atoms with E-state index < -0.39 is 21.6 Å². The zero-order valence-electron chi connectivity index (χ0n) is 16.5. The molecule has 1 heterocycles. The first-order chi connectivity index (χ1) is 15.1. The Bertz CT molecular complexity index is 1490. The third-order valence-electron chi connectivity index (χ3n) is 4.76. The van der Waals surface area contributed by atoms with Gasteiger partial charge in [-0.15, -0.1) is 0 Å². The highest BCUT2D eigenvalue weighted by atomic mass is 35.5. The number of carboxylic acids is 1. The van der Waals surface area contributed by atoms with E-state index in [2.05, 4.69) is 4.98 Å². The number of aromatic nitrogens is 1. The van der Waals surface area contributed by atoms with Crippen LogP contribution in [0, 0.1) is 5.82 Å². The Hall–Kier alpha value is -3.49. The van der Waals surface area contributed by atoms with Gasteiger partial charge in [-0.1, -0.05) is 29.8 Å². The zero-order chi connectivity index (χ0) is 23.0. The van der Waals surface area contributed by atoms with Crippen molar-refractivity contribution in [3.05, 3.63) is 83.3 Å². The van der Waals surface area contributed by atoms with Gasteiger partial charge in [0.15, 0.2) is 9.84 Å². The molecule has 0 aliphatic rings. The van der Waals surface area contributed by atoms with Crippen molar-refractivity contribution >= 4 is 38.3 Å². The van der Waals surface area contributed by atoms with Crippen LogP contribution >= 0.6 is 11.6 Å². The molecule has 0 saturated carbocycles. The van der Waals surface area contributed by atoms with Gasteiger partial charge in [0.25, 0.3) is 0 Å². The van der Waals surface area contributed by atoms with Crippen LogP contribution in [0.3, 0.4) is 0 Å². The minimum atomic E-state index is -3.43. The predicted octanol–water partition coefficient (Wildman–Crippen LogP) is 5.59. The molecule has 32 heavy (non-hydrogen) atoms. The number of pyridine rings is 1. The lowest BCUT2D eigenvalue weighted by atomic mass is 9.96. The number of hydrogen-bond donors (Lipinski definition) is 1. The van der Waals surface area contributed by atoms with E-state index in [4.69, 9.17) is 16.3 Å². The molecule has 162 valence electrons. The summed E-state index contributed by atoms with van der Waals surface area (Å²) in [5.41, 5.74) is 0.359. The van der Waals surface area contributed by atoms with Crippen LogP contribution in [-0.2, 0) is 9.84 Å². The number of nitrogens with zero attached hydrogens (tertiary/aromatic N) is 1. The molecule has 6 nitrogen and oxygen atoms in total. The Balaban J connectivity index is 1.88. The molecule has 0 amide bonds. The van der Waals surface area contributed by atoms with Crippen molar-refractivity contribution in [2.45, 2.75) is 4.90 Å². The molecule has 0 atom stereocenters. The van der Waals surface area contributed by atoms with Crippen molar-refractivity contribution in [2.75, 3.05) is 6.26 Å². The number of para-hydroxylation sites is 1. The van der Waals surface area contributed by atoms with Gasteiger partial charge in [0.05, 0.1) is 10.5 Å². The standard InChI is InChI=1S/C23H15ClFNO5S/c1-32(29,30)15-5-2-4-13(10-15)31-14-8-9-19(24)17(11-14)21-16-6-3-7-20(25)22(16)26-12-18(21)23(27)28/h2-12H,1H3,(H,27,28). The van der Waals surface area contributed by atoms with Gasteiger partial charge in [-0.2, -0.15) is 0 Å². The topological polar surface area (TPSA) is 93.6 Å². The SMILES string of the molecule is CS(=O)(=O)c1cccc(Oc2ccc(Cl)c(-c3c(C(=O)O)cnc4c(F)cccc34)c2)c1. The predicted molar refractivity (Wildman–Crippen MR) is 119 cm³/mol. The summed E-state index contributed by atoms with van der Waals surface area (Å²) >= 11 is 6.39. The van der Waals surface area contributed by atoms with E-state index in [1.807, 2.05) is 0 Å². The molecule has 9 heteroatoms. The number of benzene rings is 3.